The fraction of sp³-hybridized carbons (Fsp3) is 0.625. The molecule has 0 heterocycles. The van der Waals surface area contributed by atoms with Gasteiger partial charge in [0.2, 0.25) is 0 Å². The lowest BCUT2D eigenvalue weighted by Crippen LogP contribution is -2.58. The standard InChI is InChI=1S/C16H25NO3/c1-3-16(10-18,11-19)17-14-7-13(8-14)12-5-4-6-15(9-12)20-2/h4-6,9,13-14,17-19H,3,7-8,10-11H2,1-2H3. The van der Waals surface area contributed by atoms with E-state index in [9.17, 15) is 10.2 Å². The summed E-state index contributed by atoms with van der Waals surface area (Å²) in [6.45, 7) is 1.93. The fourth-order valence-electron chi connectivity index (χ4n) is 2.80. The largest absolute Gasteiger partial charge is 0.497 e. The summed E-state index contributed by atoms with van der Waals surface area (Å²) in [5.41, 5.74) is 0.766. The van der Waals surface area contributed by atoms with Gasteiger partial charge in [0.1, 0.15) is 5.75 Å². The van der Waals surface area contributed by atoms with Gasteiger partial charge in [-0.15, -0.1) is 0 Å². The van der Waals surface area contributed by atoms with Gasteiger partial charge in [0.05, 0.1) is 25.9 Å². The second-order valence-corrected chi connectivity index (χ2v) is 5.74. The van der Waals surface area contributed by atoms with Crippen LogP contribution in [0.2, 0.25) is 0 Å². The molecule has 1 aromatic rings. The van der Waals surface area contributed by atoms with Crippen LogP contribution in [0, 0.1) is 0 Å². The molecular formula is C16H25NO3. The van der Waals surface area contributed by atoms with Crippen molar-refractivity contribution < 1.29 is 14.9 Å². The highest BCUT2D eigenvalue weighted by atomic mass is 16.5. The Bertz CT molecular complexity index is 417. The predicted octanol–water partition coefficient (Wildman–Crippen LogP) is 1.66. The Hall–Kier alpha value is -1.10. The van der Waals surface area contributed by atoms with E-state index in [1.807, 2.05) is 19.1 Å². The fourth-order valence-corrected chi connectivity index (χ4v) is 2.80. The molecule has 0 radical (unpaired) electrons. The number of benzene rings is 1. The van der Waals surface area contributed by atoms with Crippen LogP contribution in [0.1, 0.15) is 37.7 Å². The van der Waals surface area contributed by atoms with Crippen LogP contribution in [0.5, 0.6) is 5.75 Å². The summed E-state index contributed by atoms with van der Waals surface area (Å²) in [6, 6.07) is 8.57. The van der Waals surface area contributed by atoms with Crippen molar-refractivity contribution in [3.05, 3.63) is 29.8 Å². The number of hydrogen-bond acceptors (Lipinski definition) is 4. The monoisotopic (exact) mass is 279 g/mol. The quantitative estimate of drug-likeness (QED) is 0.710. The van der Waals surface area contributed by atoms with Crippen LogP contribution in [-0.4, -0.2) is 42.1 Å². The summed E-state index contributed by atoms with van der Waals surface area (Å²) in [5, 5.41) is 22.3. The first kappa shape index (κ1) is 15.3. The van der Waals surface area contributed by atoms with E-state index in [4.69, 9.17) is 4.74 Å². The molecule has 20 heavy (non-hydrogen) atoms. The van der Waals surface area contributed by atoms with Gasteiger partial charge in [-0.1, -0.05) is 19.1 Å². The smallest absolute Gasteiger partial charge is 0.119 e. The molecule has 4 nitrogen and oxygen atoms in total. The Morgan fingerprint density at radius 1 is 1.30 bits per heavy atom. The van der Waals surface area contributed by atoms with Crippen molar-refractivity contribution >= 4 is 0 Å². The molecular weight excluding hydrogens is 254 g/mol. The molecule has 0 unspecified atom stereocenters. The molecule has 1 aliphatic rings. The van der Waals surface area contributed by atoms with E-state index >= 15 is 0 Å². The van der Waals surface area contributed by atoms with Crippen molar-refractivity contribution in [2.75, 3.05) is 20.3 Å². The third-order valence-corrected chi connectivity index (χ3v) is 4.50. The van der Waals surface area contributed by atoms with Crippen molar-refractivity contribution in [1.82, 2.24) is 5.32 Å². The Morgan fingerprint density at radius 2 is 2.00 bits per heavy atom. The van der Waals surface area contributed by atoms with Gasteiger partial charge in [-0.2, -0.15) is 0 Å². The van der Waals surface area contributed by atoms with Gasteiger partial charge < -0.3 is 20.3 Å². The minimum Gasteiger partial charge on any atom is -0.497 e. The van der Waals surface area contributed by atoms with Gasteiger partial charge in [-0.25, -0.2) is 0 Å². The molecule has 0 aromatic heterocycles. The molecule has 0 amide bonds. The third kappa shape index (κ3) is 3.14. The number of methoxy groups -OCH3 is 1. The molecule has 0 aliphatic heterocycles. The molecule has 0 spiro atoms. The zero-order valence-electron chi connectivity index (χ0n) is 12.3. The van der Waals surface area contributed by atoms with E-state index in [0.717, 1.165) is 25.0 Å². The topological polar surface area (TPSA) is 61.7 Å². The first-order valence-electron chi connectivity index (χ1n) is 7.29. The second-order valence-electron chi connectivity index (χ2n) is 5.74. The summed E-state index contributed by atoms with van der Waals surface area (Å²) >= 11 is 0. The maximum Gasteiger partial charge on any atom is 0.119 e. The summed E-state index contributed by atoms with van der Waals surface area (Å²) in [6.07, 6.45) is 2.80. The molecule has 2 rings (SSSR count). The van der Waals surface area contributed by atoms with Crippen molar-refractivity contribution in [1.29, 1.82) is 0 Å². The molecule has 112 valence electrons. The molecule has 1 fully saturated rings. The van der Waals surface area contributed by atoms with E-state index in [1.165, 1.54) is 5.56 Å². The van der Waals surface area contributed by atoms with E-state index in [1.54, 1.807) is 7.11 Å². The number of ether oxygens (including phenoxy) is 1. The van der Waals surface area contributed by atoms with Crippen LogP contribution >= 0.6 is 0 Å². The Kier molecular flexibility index (Phi) is 5.02. The van der Waals surface area contributed by atoms with Gasteiger partial charge in [0, 0.05) is 6.04 Å². The van der Waals surface area contributed by atoms with Crippen LogP contribution in [0.15, 0.2) is 24.3 Å². The summed E-state index contributed by atoms with van der Waals surface area (Å²) in [4.78, 5) is 0. The van der Waals surface area contributed by atoms with Gasteiger partial charge in [-0.3, -0.25) is 0 Å². The van der Waals surface area contributed by atoms with Gasteiger partial charge in [-0.05, 0) is 42.9 Å². The molecule has 4 heteroatoms. The third-order valence-electron chi connectivity index (χ3n) is 4.50. The number of aliphatic hydroxyl groups is 2. The maximum absolute atomic E-state index is 9.46. The molecule has 1 saturated carbocycles. The molecule has 0 saturated heterocycles. The summed E-state index contributed by atoms with van der Waals surface area (Å²) < 4.78 is 5.25. The zero-order chi connectivity index (χ0) is 14.6. The summed E-state index contributed by atoms with van der Waals surface area (Å²) in [5.74, 6) is 1.43. The van der Waals surface area contributed by atoms with E-state index in [0.29, 0.717) is 12.0 Å². The molecule has 0 atom stereocenters. The SMILES string of the molecule is CCC(CO)(CO)NC1CC(c2cccc(OC)c2)C1. The first-order valence-corrected chi connectivity index (χ1v) is 7.29. The van der Waals surface area contributed by atoms with Crippen LogP contribution < -0.4 is 10.1 Å². The molecule has 1 aromatic carbocycles. The van der Waals surface area contributed by atoms with Crippen LogP contribution in [-0.2, 0) is 0 Å². The van der Waals surface area contributed by atoms with E-state index < -0.39 is 5.54 Å². The average molecular weight is 279 g/mol. The number of rotatable bonds is 7. The predicted molar refractivity (Wildman–Crippen MR) is 79.1 cm³/mol. The highest BCUT2D eigenvalue weighted by Crippen LogP contribution is 2.38. The van der Waals surface area contributed by atoms with Gasteiger partial charge in [0.15, 0.2) is 0 Å². The van der Waals surface area contributed by atoms with Crippen molar-refractivity contribution in [2.24, 2.45) is 0 Å². The Balaban J connectivity index is 1.91. The first-order chi connectivity index (χ1) is 9.66. The normalized spacial score (nSPS) is 22.4. The van der Waals surface area contributed by atoms with Gasteiger partial charge in [0.25, 0.3) is 0 Å². The Morgan fingerprint density at radius 3 is 2.55 bits per heavy atom. The number of hydrogen-bond donors (Lipinski definition) is 3. The van der Waals surface area contributed by atoms with E-state index in [-0.39, 0.29) is 13.2 Å². The molecule has 0 bridgehead atoms. The molecule has 3 N–H and O–H groups in total. The minimum absolute atomic E-state index is 0.0275. The van der Waals surface area contributed by atoms with Crippen molar-refractivity contribution in [3.8, 4) is 5.75 Å². The van der Waals surface area contributed by atoms with Crippen LogP contribution in [0.3, 0.4) is 0 Å². The lowest BCUT2D eigenvalue weighted by molar-refractivity contribution is 0.0627. The Labute approximate surface area is 120 Å². The van der Waals surface area contributed by atoms with Gasteiger partial charge >= 0.3 is 0 Å². The summed E-state index contributed by atoms with van der Waals surface area (Å²) in [7, 11) is 1.68. The second kappa shape index (κ2) is 6.57. The zero-order valence-corrected chi connectivity index (χ0v) is 12.3. The lowest BCUT2D eigenvalue weighted by Gasteiger charge is -2.43. The maximum atomic E-state index is 9.46. The van der Waals surface area contributed by atoms with Crippen molar-refractivity contribution in [2.45, 2.75) is 43.7 Å². The minimum atomic E-state index is -0.538. The number of nitrogens with one attached hydrogen (secondary N) is 1. The van der Waals surface area contributed by atoms with Crippen molar-refractivity contribution in [3.63, 3.8) is 0 Å². The van der Waals surface area contributed by atoms with Crippen LogP contribution in [0.4, 0.5) is 0 Å². The average Bonchev–Trinajstić information content (AvgIpc) is 2.47. The molecule has 1 aliphatic carbocycles. The van der Waals surface area contributed by atoms with E-state index in [2.05, 4.69) is 17.4 Å². The lowest BCUT2D eigenvalue weighted by atomic mass is 9.74. The highest BCUT2D eigenvalue weighted by molar-refractivity contribution is 5.32. The highest BCUT2D eigenvalue weighted by Gasteiger charge is 2.36. The van der Waals surface area contributed by atoms with Crippen LogP contribution in [0.25, 0.3) is 0 Å². The number of aliphatic hydroxyl groups excluding tert-OH is 2.